The smallest absolute Gasteiger partial charge is 0.243 e. The predicted octanol–water partition coefficient (Wildman–Crippen LogP) is 1.41. The molecule has 2 heterocycles. The number of likely N-dealkylation sites (tertiary alicyclic amines) is 1. The van der Waals surface area contributed by atoms with Crippen LogP contribution in [-0.2, 0) is 4.79 Å². The molecule has 1 unspecified atom stereocenters. The molecule has 106 valence electrons. The first-order chi connectivity index (χ1) is 9.46. The van der Waals surface area contributed by atoms with Gasteiger partial charge in [0.2, 0.25) is 5.91 Å². The molecule has 0 aliphatic carbocycles. The quantitative estimate of drug-likeness (QED) is 0.716. The molecule has 2 aliphatic heterocycles. The van der Waals surface area contributed by atoms with Crippen molar-refractivity contribution in [3.8, 4) is 12.1 Å². The number of thiol groups is 1. The number of hydrogen-bond donors (Lipinski definition) is 2. The van der Waals surface area contributed by atoms with Gasteiger partial charge in [0, 0.05) is 11.5 Å². The van der Waals surface area contributed by atoms with Gasteiger partial charge in [-0.25, -0.2) is 0 Å². The zero-order chi connectivity index (χ0) is 14.9. The van der Waals surface area contributed by atoms with Crippen molar-refractivity contribution in [3.05, 3.63) is 10.6 Å². The summed E-state index contributed by atoms with van der Waals surface area (Å²) in [6.45, 7) is 5.82. The summed E-state index contributed by atoms with van der Waals surface area (Å²) in [7, 11) is 0. The van der Waals surface area contributed by atoms with Gasteiger partial charge in [-0.3, -0.25) is 4.79 Å². The molecule has 1 saturated heterocycles. The largest absolute Gasteiger partial charge is 0.319 e. The molecule has 0 bridgehead atoms. The van der Waals surface area contributed by atoms with E-state index in [2.05, 4.69) is 48.8 Å². The average molecular weight is 290 g/mol. The number of nitrogens with zero attached hydrogens (tertiary/aromatic N) is 3. The van der Waals surface area contributed by atoms with E-state index in [1.54, 1.807) is 0 Å². The van der Waals surface area contributed by atoms with Crippen molar-refractivity contribution in [3.63, 3.8) is 0 Å². The highest BCUT2D eigenvalue weighted by molar-refractivity contribution is 7.84. The van der Waals surface area contributed by atoms with Crippen molar-refractivity contribution in [1.82, 2.24) is 10.2 Å². The minimum absolute atomic E-state index is 0.307. The molecule has 1 fully saturated rings. The number of piperidine rings is 1. The Morgan fingerprint density at radius 2 is 2.00 bits per heavy atom. The molecule has 0 saturated carbocycles. The Morgan fingerprint density at radius 3 is 2.45 bits per heavy atom. The summed E-state index contributed by atoms with van der Waals surface area (Å²) >= 11 is 4.22. The fourth-order valence-corrected chi connectivity index (χ4v) is 3.59. The molecule has 5 nitrogen and oxygen atoms in total. The van der Waals surface area contributed by atoms with Crippen LogP contribution in [-0.4, -0.2) is 29.9 Å². The topological polar surface area (TPSA) is 79.9 Å². The van der Waals surface area contributed by atoms with E-state index in [4.69, 9.17) is 0 Å². The van der Waals surface area contributed by atoms with Crippen molar-refractivity contribution in [2.45, 2.75) is 32.7 Å². The molecule has 1 amide bonds. The highest BCUT2D eigenvalue weighted by Gasteiger charge is 2.52. The number of nitriles is 2. The lowest BCUT2D eigenvalue weighted by molar-refractivity contribution is -0.127. The van der Waals surface area contributed by atoms with Crippen LogP contribution in [0, 0.1) is 34.0 Å². The number of allylic oxidation sites excluding steroid dienone is 1. The highest BCUT2D eigenvalue weighted by atomic mass is 32.1. The molecule has 0 radical (unpaired) electrons. The number of nitrogens with one attached hydrogen (secondary N) is 1. The zero-order valence-corrected chi connectivity index (χ0v) is 12.6. The molecule has 0 aromatic rings. The van der Waals surface area contributed by atoms with Crippen LogP contribution in [0.1, 0.15) is 26.7 Å². The van der Waals surface area contributed by atoms with E-state index in [0.717, 1.165) is 13.1 Å². The first-order valence-corrected chi connectivity index (χ1v) is 7.19. The normalized spacial score (nSPS) is 26.3. The van der Waals surface area contributed by atoms with E-state index in [1.807, 2.05) is 0 Å². The Bertz CT molecular complexity index is 532. The molecule has 1 N–H and O–H groups in total. The summed E-state index contributed by atoms with van der Waals surface area (Å²) in [5.74, 6) is -1.14. The highest BCUT2D eigenvalue weighted by Crippen LogP contribution is 2.48. The third-order valence-electron chi connectivity index (χ3n) is 4.45. The van der Waals surface area contributed by atoms with Crippen molar-refractivity contribution in [1.29, 1.82) is 10.5 Å². The van der Waals surface area contributed by atoms with Gasteiger partial charge in [-0.05, 0) is 39.8 Å². The molecule has 2 aliphatic rings. The molecular weight excluding hydrogens is 272 g/mol. The molecular formula is C14H18N4OS. The summed E-state index contributed by atoms with van der Waals surface area (Å²) in [5.41, 5.74) is -0.218. The fourth-order valence-electron chi connectivity index (χ4n) is 3.21. The second-order valence-electron chi connectivity index (χ2n) is 5.67. The van der Waals surface area contributed by atoms with Crippen LogP contribution < -0.4 is 5.32 Å². The summed E-state index contributed by atoms with van der Waals surface area (Å²) in [6, 6.07) is 4.68. The van der Waals surface area contributed by atoms with Gasteiger partial charge in [-0.15, -0.1) is 12.6 Å². The van der Waals surface area contributed by atoms with Crippen molar-refractivity contribution < 1.29 is 4.79 Å². The van der Waals surface area contributed by atoms with Gasteiger partial charge in [0.05, 0.1) is 22.7 Å². The molecule has 0 aromatic carbocycles. The summed E-state index contributed by atoms with van der Waals surface area (Å²) in [4.78, 5) is 14.4. The first-order valence-electron chi connectivity index (χ1n) is 6.74. The molecule has 1 atom stereocenters. The van der Waals surface area contributed by atoms with Crippen LogP contribution in [0.15, 0.2) is 10.6 Å². The van der Waals surface area contributed by atoms with Gasteiger partial charge in [0.15, 0.2) is 0 Å². The summed E-state index contributed by atoms with van der Waals surface area (Å²) < 4.78 is 0. The Kier molecular flexibility index (Phi) is 4.08. The van der Waals surface area contributed by atoms with E-state index < -0.39 is 11.3 Å². The number of rotatable bonds is 1. The molecule has 0 aromatic heterocycles. The second-order valence-corrected chi connectivity index (χ2v) is 6.12. The Balaban J connectivity index is 2.40. The lowest BCUT2D eigenvalue weighted by Gasteiger charge is -2.46. The average Bonchev–Trinajstić information content (AvgIpc) is 2.39. The molecule has 20 heavy (non-hydrogen) atoms. The standard InChI is InChI=1S/C14H18N4OS/c1-9(2)18-5-3-14(4-6-18)10(7-15)12(19)17-13(20)11(14)8-16/h9-10,20H,3-6H2,1-2H3,(H,17,19). The van der Waals surface area contributed by atoms with E-state index in [-0.39, 0.29) is 5.91 Å². The molecule has 6 heteroatoms. The third kappa shape index (κ3) is 2.19. The van der Waals surface area contributed by atoms with Gasteiger partial charge in [-0.2, -0.15) is 10.5 Å². The van der Waals surface area contributed by atoms with Crippen LogP contribution >= 0.6 is 12.6 Å². The van der Waals surface area contributed by atoms with Crippen LogP contribution in [0.3, 0.4) is 0 Å². The van der Waals surface area contributed by atoms with Crippen molar-refractivity contribution in [2.75, 3.05) is 13.1 Å². The maximum Gasteiger partial charge on any atom is 0.243 e. The molecule has 1 spiro atoms. The van der Waals surface area contributed by atoms with E-state index in [0.29, 0.717) is 29.5 Å². The summed E-state index contributed by atoms with van der Waals surface area (Å²) in [6.07, 6.45) is 1.29. The zero-order valence-electron chi connectivity index (χ0n) is 11.7. The van der Waals surface area contributed by atoms with Crippen molar-refractivity contribution >= 4 is 18.5 Å². The van der Waals surface area contributed by atoms with Gasteiger partial charge in [-0.1, -0.05) is 0 Å². The monoisotopic (exact) mass is 290 g/mol. The minimum atomic E-state index is -0.803. The Morgan fingerprint density at radius 1 is 1.40 bits per heavy atom. The lowest BCUT2D eigenvalue weighted by Crippen LogP contribution is -2.53. The predicted molar refractivity (Wildman–Crippen MR) is 77.2 cm³/mol. The fraction of sp³-hybridized carbons (Fsp3) is 0.643. The molecule has 2 rings (SSSR count). The van der Waals surface area contributed by atoms with Crippen LogP contribution in [0.2, 0.25) is 0 Å². The lowest BCUT2D eigenvalue weighted by atomic mass is 9.63. The number of carbonyl (C=O) groups excluding carboxylic acids is 1. The van der Waals surface area contributed by atoms with Gasteiger partial charge >= 0.3 is 0 Å². The third-order valence-corrected chi connectivity index (χ3v) is 4.79. The van der Waals surface area contributed by atoms with Gasteiger partial charge in [0.25, 0.3) is 0 Å². The minimum Gasteiger partial charge on any atom is -0.319 e. The second kappa shape index (κ2) is 5.47. The Labute approximate surface area is 124 Å². The van der Waals surface area contributed by atoms with E-state index in [1.165, 1.54) is 0 Å². The Hall–Kier alpha value is -1.50. The maximum atomic E-state index is 12.0. The summed E-state index contributed by atoms with van der Waals surface area (Å²) in [5, 5.41) is 21.6. The maximum absolute atomic E-state index is 12.0. The van der Waals surface area contributed by atoms with Crippen LogP contribution in [0.4, 0.5) is 0 Å². The first kappa shape index (κ1) is 14.9. The number of amides is 1. The van der Waals surface area contributed by atoms with Gasteiger partial charge in [0.1, 0.15) is 5.92 Å². The number of hydrogen-bond acceptors (Lipinski definition) is 5. The van der Waals surface area contributed by atoms with Crippen LogP contribution in [0.5, 0.6) is 0 Å². The number of carbonyl (C=O) groups is 1. The van der Waals surface area contributed by atoms with Crippen LogP contribution in [0.25, 0.3) is 0 Å². The van der Waals surface area contributed by atoms with E-state index in [9.17, 15) is 15.3 Å². The SMILES string of the molecule is CC(C)N1CCC2(CC1)C(C#N)=C(S)NC(=O)C2C#N. The van der Waals surface area contributed by atoms with E-state index >= 15 is 0 Å². The van der Waals surface area contributed by atoms with Gasteiger partial charge < -0.3 is 10.2 Å². The van der Waals surface area contributed by atoms with Crippen molar-refractivity contribution in [2.24, 2.45) is 11.3 Å².